The zero-order valence-electron chi connectivity index (χ0n) is 11.4. The van der Waals surface area contributed by atoms with Gasteiger partial charge in [0.2, 0.25) is 0 Å². The second-order valence-corrected chi connectivity index (χ2v) is 4.49. The van der Waals surface area contributed by atoms with Crippen molar-refractivity contribution < 1.29 is 13.9 Å². The van der Waals surface area contributed by atoms with Crippen molar-refractivity contribution >= 4 is 0 Å². The summed E-state index contributed by atoms with van der Waals surface area (Å²) in [4.78, 5) is 0. The fraction of sp³-hybridized carbons (Fsp3) is 0.250. The van der Waals surface area contributed by atoms with Crippen LogP contribution < -0.4 is 10.5 Å². The van der Waals surface area contributed by atoms with Crippen LogP contribution in [0.25, 0.3) is 0 Å². The highest BCUT2D eigenvalue weighted by atomic mass is 19.1. The average molecular weight is 275 g/mol. The minimum Gasteiger partial charge on any atom is -0.489 e. The smallest absolute Gasteiger partial charge is 0.123 e. The third-order valence-corrected chi connectivity index (χ3v) is 2.99. The molecule has 2 N–H and O–H groups in total. The number of benzene rings is 2. The first kappa shape index (κ1) is 14.5. The highest BCUT2D eigenvalue weighted by Crippen LogP contribution is 2.18. The van der Waals surface area contributed by atoms with Crippen LogP contribution in [0.15, 0.2) is 42.5 Å². The van der Waals surface area contributed by atoms with E-state index in [4.69, 9.17) is 15.2 Å². The Hall–Kier alpha value is -1.91. The van der Waals surface area contributed by atoms with Crippen molar-refractivity contribution in [3.63, 3.8) is 0 Å². The van der Waals surface area contributed by atoms with Gasteiger partial charge in [-0.05, 0) is 41.0 Å². The van der Waals surface area contributed by atoms with E-state index in [-0.39, 0.29) is 5.82 Å². The van der Waals surface area contributed by atoms with Gasteiger partial charge in [-0.3, -0.25) is 0 Å². The Balaban J connectivity index is 2.06. The van der Waals surface area contributed by atoms with Gasteiger partial charge in [-0.25, -0.2) is 4.39 Å². The summed E-state index contributed by atoms with van der Waals surface area (Å²) < 4.78 is 23.9. The maximum Gasteiger partial charge on any atom is 0.123 e. The fourth-order valence-electron chi connectivity index (χ4n) is 1.98. The van der Waals surface area contributed by atoms with Crippen molar-refractivity contribution in [2.24, 2.45) is 5.73 Å². The highest BCUT2D eigenvalue weighted by Gasteiger charge is 2.04. The Morgan fingerprint density at radius 2 is 1.90 bits per heavy atom. The largest absolute Gasteiger partial charge is 0.489 e. The van der Waals surface area contributed by atoms with Crippen molar-refractivity contribution in [3.8, 4) is 5.75 Å². The molecule has 0 aliphatic heterocycles. The summed E-state index contributed by atoms with van der Waals surface area (Å²) in [6.07, 6.45) is 0. The standard InChI is InChI=1S/C16H18FNO2/c1-19-10-12-3-2-4-16(7-12)20-11-13-5-6-15(17)8-14(13)9-18/h2-8H,9-11,18H2,1H3. The molecule has 0 aliphatic rings. The van der Waals surface area contributed by atoms with E-state index >= 15 is 0 Å². The van der Waals surface area contributed by atoms with E-state index in [0.717, 1.165) is 22.4 Å². The number of hydrogen-bond acceptors (Lipinski definition) is 3. The molecule has 0 bridgehead atoms. The van der Waals surface area contributed by atoms with Crippen LogP contribution in [0, 0.1) is 5.82 Å². The quantitative estimate of drug-likeness (QED) is 0.881. The van der Waals surface area contributed by atoms with Gasteiger partial charge in [0.1, 0.15) is 18.2 Å². The summed E-state index contributed by atoms with van der Waals surface area (Å²) in [6.45, 7) is 1.20. The summed E-state index contributed by atoms with van der Waals surface area (Å²) in [6, 6.07) is 12.3. The van der Waals surface area contributed by atoms with Crippen LogP contribution in [0.4, 0.5) is 4.39 Å². The Labute approximate surface area is 118 Å². The summed E-state index contributed by atoms with van der Waals surface area (Å²) in [5, 5.41) is 0. The van der Waals surface area contributed by atoms with Gasteiger partial charge in [0.05, 0.1) is 6.61 Å². The minimum atomic E-state index is -0.281. The molecular formula is C16H18FNO2. The lowest BCUT2D eigenvalue weighted by molar-refractivity contribution is 0.184. The van der Waals surface area contributed by atoms with Gasteiger partial charge in [0.25, 0.3) is 0 Å². The van der Waals surface area contributed by atoms with Crippen LogP contribution in [0.3, 0.4) is 0 Å². The molecule has 0 spiro atoms. The molecule has 3 nitrogen and oxygen atoms in total. The number of hydrogen-bond donors (Lipinski definition) is 1. The monoisotopic (exact) mass is 275 g/mol. The third kappa shape index (κ3) is 3.79. The van der Waals surface area contributed by atoms with Gasteiger partial charge in [0, 0.05) is 13.7 Å². The van der Waals surface area contributed by atoms with Crippen LogP contribution in [0.2, 0.25) is 0 Å². The molecule has 20 heavy (non-hydrogen) atoms. The first-order chi connectivity index (χ1) is 9.72. The Bertz CT molecular complexity index is 572. The molecule has 0 atom stereocenters. The zero-order valence-corrected chi connectivity index (χ0v) is 11.4. The molecule has 2 aromatic rings. The molecule has 0 aliphatic carbocycles. The number of methoxy groups -OCH3 is 1. The Kier molecular flexibility index (Phi) is 5.09. The van der Waals surface area contributed by atoms with Crippen LogP contribution in [-0.4, -0.2) is 7.11 Å². The lowest BCUT2D eigenvalue weighted by Gasteiger charge is -2.11. The van der Waals surface area contributed by atoms with Crippen LogP contribution in [0.1, 0.15) is 16.7 Å². The number of ether oxygens (including phenoxy) is 2. The third-order valence-electron chi connectivity index (χ3n) is 2.99. The molecule has 106 valence electrons. The normalized spacial score (nSPS) is 10.6. The number of nitrogens with two attached hydrogens (primary N) is 1. The van der Waals surface area contributed by atoms with E-state index in [0.29, 0.717) is 19.8 Å². The first-order valence-electron chi connectivity index (χ1n) is 6.41. The van der Waals surface area contributed by atoms with Crippen molar-refractivity contribution in [2.75, 3.05) is 7.11 Å². The SMILES string of the molecule is COCc1cccc(OCc2ccc(F)cc2CN)c1. The first-order valence-corrected chi connectivity index (χ1v) is 6.41. The maximum atomic E-state index is 13.1. The maximum absolute atomic E-state index is 13.1. The molecule has 4 heteroatoms. The fourth-order valence-corrected chi connectivity index (χ4v) is 1.98. The predicted molar refractivity (Wildman–Crippen MR) is 75.8 cm³/mol. The van der Waals surface area contributed by atoms with Crippen molar-refractivity contribution in [1.82, 2.24) is 0 Å². The molecule has 2 aromatic carbocycles. The van der Waals surface area contributed by atoms with Crippen molar-refractivity contribution in [2.45, 2.75) is 19.8 Å². The van der Waals surface area contributed by atoms with E-state index in [2.05, 4.69) is 0 Å². The number of rotatable bonds is 6. The topological polar surface area (TPSA) is 44.5 Å². The molecule has 0 radical (unpaired) electrons. The molecular weight excluding hydrogens is 257 g/mol. The molecule has 0 amide bonds. The summed E-state index contributed by atoms with van der Waals surface area (Å²) >= 11 is 0. The van der Waals surface area contributed by atoms with Gasteiger partial charge in [-0.1, -0.05) is 18.2 Å². The van der Waals surface area contributed by atoms with E-state index in [1.807, 2.05) is 24.3 Å². The predicted octanol–water partition coefficient (Wildman–Crippen LogP) is 3.01. The summed E-state index contributed by atoms with van der Waals surface area (Å²) in [5.74, 6) is 0.475. The van der Waals surface area contributed by atoms with Gasteiger partial charge in [0.15, 0.2) is 0 Å². The van der Waals surface area contributed by atoms with Crippen molar-refractivity contribution in [1.29, 1.82) is 0 Å². The molecule has 0 fully saturated rings. The molecule has 0 saturated heterocycles. The zero-order chi connectivity index (χ0) is 14.4. The Morgan fingerprint density at radius 1 is 1.05 bits per heavy atom. The van der Waals surface area contributed by atoms with Gasteiger partial charge in [-0.2, -0.15) is 0 Å². The molecule has 0 heterocycles. The second kappa shape index (κ2) is 7.03. The molecule has 0 aromatic heterocycles. The van der Waals surface area contributed by atoms with E-state index < -0.39 is 0 Å². The minimum absolute atomic E-state index is 0.281. The highest BCUT2D eigenvalue weighted by molar-refractivity contribution is 5.30. The van der Waals surface area contributed by atoms with Crippen LogP contribution in [0.5, 0.6) is 5.75 Å². The van der Waals surface area contributed by atoms with Crippen LogP contribution in [-0.2, 0) is 24.5 Å². The molecule has 0 unspecified atom stereocenters. The second-order valence-electron chi connectivity index (χ2n) is 4.49. The van der Waals surface area contributed by atoms with Gasteiger partial charge in [-0.15, -0.1) is 0 Å². The molecule has 0 saturated carbocycles. The number of halogens is 1. The van der Waals surface area contributed by atoms with E-state index in [1.54, 1.807) is 13.2 Å². The Morgan fingerprint density at radius 3 is 2.65 bits per heavy atom. The lowest BCUT2D eigenvalue weighted by Crippen LogP contribution is -2.05. The van der Waals surface area contributed by atoms with Gasteiger partial charge < -0.3 is 15.2 Å². The van der Waals surface area contributed by atoms with Gasteiger partial charge >= 0.3 is 0 Å². The average Bonchev–Trinajstić information content (AvgIpc) is 2.46. The van der Waals surface area contributed by atoms with E-state index in [1.165, 1.54) is 12.1 Å². The molecule has 2 rings (SSSR count). The van der Waals surface area contributed by atoms with E-state index in [9.17, 15) is 4.39 Å². The summed E-state index contributed by atoms with van der Waals surface area (Å²) in [5.41, 5.74) is 8.31. The lowest BCUT2D eigenvalue weighted by atomic mass is 10.1. The summed E-state index contributed by atoms with van der Waals surface area (Å²) in [7, 11) is 1.65. The van der Waals surface area contributed by atoms with Crippen molar-refractivity contribution in [3.05, 3.63) is 65.0 Å². The van der Waals surface area contributed by atoms with Crippen LogP contribution >= 0.6 is 0 Å².